The predicted molar refractivity (Wildman–Crippen MR) is 79.5 cm³/mol. The van der Waals surface area contributed by atoms with Crippen LogP contribution in [0.25, 0.3) is 0 Å². The molecule has 1 aromatic carbocycles. The van der Waals surface area contributed by atoms with E-state index in [1.807, 2.05) is 0 Å². The molecule has 0 radical (unpaired) electrons. The number of carbonyl (C=O) groups is 1. The van der Waals surface area contributed by atoms with Gasteiger partial charge < -0.3 is 10.6 Å². The number of rotatable bonds is 8. The van der Waals surface area contributed by atoms with E-state index in [1.54, 1.807) is 24.3 Å². The van der Waals surface area contributed by atoms with Crippen molar-refractivity contribution in [3.8, 4) is 0 Å². The summed E-state index contributed by atoms with van der Waals surface area (Å²) in [6.45, 7) is 2.72. The third-order valence-electron chi connectivity index (χ3n) is 2.67. The summed E-state index contributed by atoms with van der Waals surface area (Å²) in [6, 6.07) is 6.18. The van der Waals surface area contributed by atoms with Crippen molar-refractivity contribution < 1.29 is 13.6 Å². The Hall–Kier alpha value is -1.30. The van der Waals surface area contributed by atoms with Crippen LogP contribution in [0.3, 0.4) is 0 Å². The highest BCUT2D eigenvalue weighted by atomic mass is 32.2. The second kappa shape index (κ2) is 9.58. The van der Waals surface area contributed by atoms with Gasteiger partial charge in [0.25, 0.3) is 5.76 Å². The fourth-order valence-electron chi connectivity index (χ4n) is 1.69. The molecule has 0 unspecified atom stereocenters. The van der Waals surface area contributed by atoms with Gasteiger partial charge in [0.1, 0.15) is 0 Å². The fourth-order valence-corrected chi connectivity index (χ4v) is 2.28. The molecular weight excluding hydrogens is 282 g/mol. The molecule has 1 rings (SSSR count). The highest BCUT2D eigenvalue weighted by molar-refractivity contribution is 7.99. The number of alkyl halides is 2. The number of thioether (sulfide) groups is 1. The molecule has 0 aliphatic heterocycles. The van der Waals surface area contributed by atoms with Gasteiger partial charge in [0.05, 0.1) is 5.69 Å². The Morgan fingerprint density at radius 1 is 1.25 bits per heavy atom. The van der Waals surface area contributed by atoms with Crippen LogP contribution in [-0.4, -0.2) is 18.3 Å². The number of urea groups is 1. The molecule has 112 valence electrons. The molecule has 3 nitrogen and oxygen atoms in total. The predicted octanol–water partition coefficient (Wildman–Crippen LogP) is 4.70. The standard InChI is InChI=1S/C14H20F2N2OS/c1-2-3-4-7-10-17-14(19)18-11-8-5-6-9-12(11)20-13(15)16/h5-6,8-9,13H,2-4,7,10H2,1H3,(H2,17,18,19). The van der Waals surface area contributed by atoms with Gasteiger partial charge in [0.15, 0.2) is 0 Å². The zero-order valence-corrected chi connectivity index (χ0v) is 12.3. The molecule has 0 spiro atoms. The third-order valence-corrected chi connectivity index (χ3v) is 3.46. The van der Waals surface area contributed by atoms with Crippen molar-refractivity contribution >= 4 is 23.5 Å². The number of hydrogen-bond acceptors (Lipinski definition) is 2. The second-order valence-electron chi connectivity index (χ2n) is 4.32. The summed E-state index contributed by atoms with van der Waals surface area (Å²) in [5.74, 6) is -2.50. The first-order valence-corrected chi connectivity index (χ1v) is 7.60. The average Bonchev–Trinajstić information content (AvgIpc) is 2.40. The first-order chi connectivity index (χ1) is 9.63. The summed E-state index contributed by atoms with van der Waals surface area (Å²) in [4.78, 5) is 12.0. The number of unbranched alkanes of at least 4 members (excludes halogenated alkanes) is 3. The van der Waals surface area contributed by atoms with E-state index in [0.717, 1.165) is 25.7 Å². The fraction of sp³-hybridized carbons (Fsp3) is 0.500. The molecule has 6 heteroatoms. The molecule has 20 heavy (non-hydrogen) atoms. The van der Waals surface area contributed by atoms with Gasteiger partial charge in [0, 0.05) is 11.4 Å². The lowest BCUT2D eigenvalue weighted by Crippen LogP contribution is -2.29. The first-order valence-electron chi connectivity index (χ1n) is 6.72. The number of hydrogen-bond donors (Lipinski definition) is 2. The van der Waals surface area contributed by atoms with E-state index in [-0.39, 0.29) is 6.03 Å². The molecule has 0 heterocycles. The number of nitrogens with one attached hydrogen (secondary N) is 2. The molecule has 0 saturated carbocycles. The van der Waals surface area contributed by atoms with Gasteiger partial charge in [-0.1, -0.05) is 50.1 Å². The molecule has 0 aliphatic carbocycles. The van der Waals surface area contributed by atoms with Crippen molar-refractivity contribution in [2.24, 2.45) is 0 Å². The molecule has 1 aromatic rings. The van der Waals surface area contributed by atoms with Gasteiger partial charge in [-0.05, 0) is 18.6 Å². The van der Waals surface area contributed by atoms with Crippen LogP contribution >= 0.6 is 11.8 Å². The molecule has 0 fully saturated rings. The van der Waals surface area contributed by atoms with Crippen molar-refractivity contribution in [1.82, 2.24) is 5.32 Å². The third kappa shape index (κ3) is 6.75. The van der Waals surface area contributed by atoms with Crippen molar-refractivity contribution in [3.63, 3.8) is 0 Å². The van der Waals surface area contributed by atoms with Crippen LogP contribution in [0.5, 0.6) is 0 Å². The number of anilines is 1. The number of benzene rings is 1. The lowest BCUT2D eigenvalue weighted by Gasteiger charge is -2.11. The van der Waals surface area contributed by atoms with Crippen LogP contribution < -0.4 is 10.6 Å². The maximum atomic E-state index is 12.4. The van der Waals surface area contributed by atoms with E-state index in [4.69, 9.17) is 0 Å². The van der Waals surface area contributed by atoms with E-state index in [0.29, 0.717) is 28.9 Å². The van der Waals surface area contributed by atoms with E-state index in [9.17, 15) is 13.6 Å². The zero-order chi connectivity index (χ0) is 14.8. The maximum Gasteiger partial charge on any atom is 0.319 e. The number of halogens is 2. The Bertz CT molecular complexity index is 416. The van der Waals surface area contributed by atoms with Crippen LogP contribution in [0.2, 0.25) is 0 Å². The topological polar surface area (TPSA) is 41.1 Å². The van der Waals surface area contributed by atoms with Crippen LogP contribution in [0.15, 0.2) is 29.2 Å². The summed E-state index contributed by atoms with van der Waals surface area (Å²) in [6.07, 6.45) is 4.30. The summed E-state index contributed by atoms with van der Waals surface area (Å²) in [7, 11) is 0. The first kappa shape index (κ1) is 16.8. The van der Waals surface area contributed by atoms with Gasteiger partial charge in [-0.2, -0.15) is 8.78 Å². The molecule has 0 bridgehead atoms. The minimum atomic E-state index is -2.50. The van der Waals surface area contributed by atoms with Crippen LogP contribution in [0.4, 0.5) is 19.3 Å². The van der Waals surface area contributed by atoms with E-state index < -0.39 is 5.76 Å². The number of carbonyl (C=O) groups excluding carboxylic acids is 1. The van der Waals surface area contributed by atoms with E-state index in [1.165, 1.54) is 0 Å². The van der Waals surface area contributed by atoms with Crippen LogP contribution in [-0.2, 0) is 0 Å². The van der Waals surface area contributed by atoms with Gasteiger partial charge in [0.2, 0.25) is 0 Å². The Morgan fingerprint density at radius 2 is 2.00 bits per heavy atom. The Morgan fingerprint density at radius 3 is 2.70 bits per heavy atom. The molecular formula is C14H20F2N2OS. The smallest absolute Gasteiger partial charge is 0.319 e. The minimum absolute atomic E-state index is 0.358. The largest absolute Gasteiger partial charge is 0.338 e. The normalized spacial score (nSPS) is 10.6. The SMILES string of the molecule is CCCCCCNC(=O)Nc1ccccc1SC(F)F. The Balaban J connectivity index is 2.41. The molecule has 2 N–H and O–H groups in total. The van der Waals surface area contributed by atoms with Gasteiger partial charge in [-0.15, -0.1) is 0 Å². The minimum Gasteiger partial charge on any atom is -0.338 e. The zero-order valence-electron chi connectivity index (χ0n) is 11.5. The Labute approximate surface area is 122 Å². The summed E-state index contributed by atoms with van der Waals surface area (Å²) < 4.78 is 24.8. The summed E-state index contributed by atoms with van der Waals surface area (Å²) >= 11 is 0.426. The molecule has 0 aliphatic rings. The quantitative estimate of drug-likeness (QED) is 0.539. The Kier molecular flexibility index (Phi) is 8.02. The highest BCUT2D eigenvalue weighted by Gasteiger charge is 2.11. The van der Waals surface area contributed by atoms with E-state index >= 15 is 0 Å². The van der Waals surface area contributed by atoms with Crippen molar-refractivity contribution in [3.05, 3.63) is 24.3 Å². The number of para-hydroxylation sites is 1. The molecule has 2 amide bonds. The van der Waals surface area contributed by atoms with Crippen molar-refractivity contribution in [1.29, 1.82) is 0 Å². The maximum absolute atomic E-state index is 12.4. The summed E-state index contributed by atoms with van der Waals surface area (Å²) in [5.41, 5.74) is 0.406. The lowest BCUT2D eigenvalue weighted by molar-refractivity contribution is 0.250. The highest BCUT2D eigenvalue weighted by Crippen LogP contribution is 2.31. The monoisotopic (exact) mass is 302 g/mol. The lowest BCUT2D eigenvalue weighted by atomic mass is 10.2. The molecule has 0 saturated heterocycles. The van der Waals surface area contributed by atoms with Crippen molar-refractivity contribution in [2.45, 2.75) is 43.3 Å². The van der Waals surface area contributed by atoms with Gasteiger partial charge >= 0.3 is 6.03 Å². The van der Waals surface area contributed by atoms with Crippen LogP contribution in [0.1, 0.15) is 32.6 Å². The van der Waals surface area contributed by atoms with Crippen LogP contribution in [0, 0.1) is 0 Å². The van der Waals surface area contributed by atoms with Crippen molar-refractivity contribution in [2.75, 3.05) is 11.9 Å². The second-order valence-corrected chi connectivity index (χ2v) is 5.35. The molecule has 0 atom stereocenters. The van der Waals surface area contributed by atoms with E-state index in [2.05, 4.69) is 17.6 Å². The molecule has 0 aromatic heterocycles. The summed E-state index contributed by atoms with van der Waals surface area (Å²) in [5, 5.41) is 5.33. The number of amides is 2. The average molecular weight is 302 g/mol. The van der Waals surface area contributed by atoms with Gasteiger partial charge in [-0.25, -0.2) is 4.79 Å². The van der Waals surface area contributed by atoms with Gasteiger partial charge in [-0.3, -0.25) is 0 Å².